The van der Waals surface area contributed by atoms with Gasteiger partial charge in [0.05, 0.1) is 11.4 Å². The van der Waals surface area contributed by atoms with Gasteiger partial charge in [0.15, 0.2) is 11.5 Å². The fraction of sp³-hybridized carbons (Fsp3) is 0.500. The minimum atomic E-state index is -3.81. The molecule has 4 rings (SSSR count). The van der Waals surface area contributed by atoms with Gasteiger partial charge in [-0.05, 0) is 50.8 Å². The molecule has 1 atom stereocenters. The van der Waals surface area contributed by atoms with E-state index in [0.717, 1.165) is 35.6 Å². The van der Waals surface area contributed by atoms with Gasteiger partial charge in [-0.2, -0.15) is 0 Å². The van der Waals surface area contributed by atoms with Gasteiger partial charge in [0.2, 0.25) is 21.8 Å². The van der Waals surface area contributed by atoms with Gasteiger partial charge in [0, 0.05) is 18.7 Å². The second kappa shape index (κ2) is 12.5. The zero-order valence-corrected chi connectivity index (χ0v) is 22.9. The number of rotatable bonds is 11. The zero-order chi connectivity index (χ0) is 27.1. The van der Waals surface area contributed by atoms with Crippen LogP contribution in [0.15, 0.2) is 48.5 Å². The molecule has 1 heterocycles. The number of ether oxygens (including phenoxy) is 2. The summed E-state index contributed by atoms with van der Waals surface area (Å²) in [6.45, 7) is 3.87. The standard InChI is InChI=1S/C28H37N3O6S/c1-3-38(34,35)31(24-13-14-25-26(19-24)37-18-17-36-25)20-27(32)30(16-15-22-9-5-4-6-10-22)21(2)28(33)29-23-11-7-8-12-23/h4-6,9-10,13-14,19,21,23H,3,7-8,11-12,15-18,20H2,1-2H3,(H,29,33). The van der Waals surface area contributed by atoms with Crippen molar-refractivity contribution in [3.63, 3.8) is 0 Å². The lowest BCUT2D eigenvalue weighted by atomic mass is 10.1. The third kappa shape index (κ3) is 6.78. The smallest absolute Gasteiger partial charge is 0.244 e. The molecule has 0 aromatic heterocycles. The highest BCUT2D eigenvalue weighted by Gasteiger charge is 2.32. The van der Waals surface area contributed by atoms with Gasteiger partial charge in [0.1, 0.15) is 25.8 Å². The average molecular weight is 544 g/mol. The van der Waals surface area contributed by atoms with E-state index >= 15 is 0 Å². The summed E-state index contributed by atoms with van der Waals surface area (Å²) < 4.78 is 38.6. The van der Waals surface area contributed by atoms with Crippen molar-refractivity contribution in [1.82, 2.24) is 10.2 Å². The average Bonchev–Trinajstić information content (AvgIpc) is 3.45. The van der Waals surface area contributed by atoms with Gasteiger partial charge in [-0.15, -0.1) is 0 Å². The molecule has 2 aliphatic rings. The Morgan fingerprint density at radius 1 is 1.03 bits per heavy atom. The molecule has 0 bridgehead atoms. The Labute approximate surface area is 225 Å². The Kier molecular flexibility index (Phi) is 9.14. The predicted molar refractivity (Wildman–Crippen MR) is 146 cm³/mol. The first-order valence-corrected chi connectivity index (χ1v) is 14.9. The molecule has 1 aliphatic heterocycles. The van der Waals surface area contributed by atoms with Crippen molar-refractivity contribution in [3.05, 3.63) is 54.1 Å². The van der Waals surface area contributed by atoms with E-state index in [1.54, 1.807) is 25.1 Å². The highest BCUT2D eigenvalue weighted by Crippen LogP contribution is 2.35. The van der Waals surface area contributed by atoms with E-state index < -0.39 is 28.5 Å². The predicted octanol–water partition coefficient (Wildman–Crippen LogP) is 3.13. The number of carbonyl (C=O) groups excluding carboxylic acids is 2. The van der Waals surface area contributed by atoms with E-state index in [4.69, 9.17) is 9.47 Å². The topological polar surface area (TPSA) is 105 Å². The van der Waals surface area contributed by atoms with Crippen LogP contribution in [0.4, 0.5) is 5.69 Å². The summed E-state index contributed by atoms with van der Waals surface area (Å²) in [6, 6.07) is 13.9. The highest BCUT2D eigenvalue weighted by atomic mass is 32.2. The second-order valence-corrected chi connectivity index (χ2v) is 11.9. The maximum Gasteiger partial charge on any atom is 0.244 e. The first-order chi connectivity index (χ1) is 18.3. The van der Waals surface area contributed by atoms with E-state index in [0.29, 0.717) is 36.8 Å². The van der Waals surface area contributed by atoms with Crippen LogP contribution in [0.5, 0.6) is 11.5 Å². The van der Waals surface area contributed by atoms with E-state index in [1.807, 2.05) is 30.3 Å². The molecular formula is C28H37N3O6S. The van der Waals surface area contributed by atoms with Crippen molar-refractivity contribution in [3.8, 4) is 11.5 Å². The quantitative estimate of drug-likeness (QED) is 0.467. The van der Waals surface area contributed by atoms with Crippen LogP contribution in [0.2, 0.25) is 0 Å². The molecule has 38 heavy (non-hydrogen) atoms. The van der Waals surface area contributed by atoms with Gasteiger partial charge < -0.3 is 19.7 Å². The van der Waals surface area contributed by atoms with Crippen molar-refractivity contribution in [2.75, 3.05) is 36.4 Å². The van der Waals surface area contributed by atoms with Crippen LogP contribution in [-0.4, -0.2) is 69.3 Å². The molecule has 2 aromatic carbocycles. The highest BCUT2D eigenvalue weighted by molar-refractivity contribution is 7.92. The number of amides is 2. The summed E-state index contributed by atoms with van der Waals surface area (Å²) in [6.07, 6.45) is 4.56. The molecule has 1 aliphatic carbocycles. The number of nitrogens with zero attached hydrogens (tertiary/aromatic N) is 2. The van der Waals surface area contributed by atoms with Crippen molar-refractivity contribution < 1.29 is 27.5 Å². The summed E-state index contributed by atoms with van der Waals surface area (Å²) >= 11 is 0. The lowest BCUT2D eigenvalue weighted by molar-refractivity contribution is -0.139. The molecule has 1 unspecified atom stereocenters. The molecule has 10 heteroatoms. The van der Waals surface area contributed by atoms with Crippen LogP contribution in [-0.2, 0) is 26.0 Å². The molecule has 0 radical (unpaired) electrons. The first-order valence-electron chi connectivity index (χ1n) is 13.3. The molecular weight excluding hydrogens is 506 g/mol. The number of nitrogens with one attached hydrogen (secondary N) is 1. The Morgan fingerprint density at radius 2 is 1.71 bits per heavy atom. The van der Waals surface area contributed by atoms with E-state index in [9.17, 15) is 18.0 Å². The SMILES string of the molecule is CCS(=O)(=O)N(CC(=O)N(CCc1ccccc1)C(C)C(=O)NC1CCCC1)c1ccc2c(c1)OCCO2. The zero-order valence-electron chi connectivity index (χ0n) is 22.1. The van der Waals surface area contributed by atoms with Gasteiger partial charge in [-0.3, -0.25) is 13.9 Å². The van der Waals surface area contributed by atoms with Crippen LogP contribution in [0.1, 0.15) is 45.1 Å². The second-order valence-electron chi connectivity index (χ2n) is 9.72. The number of fused-ring (bicyclic) bond motifs is 1. The number of sulfonamides is 1. The summed E-state index contributed by atoms with van der Waals surface area (Å²) in [5.74, 6) is 0.116. The molecule has 206 valence electrons. The van der Waals surface area contributed by atoms with Crippen molar-refractivity contribution in [2.45, 2.75) is 58.0 Å². The van der Waals surface area contributed by atoms with Crippen LogP contribution >= 0.6 is 0 Å². The Bertz CT molecular complexity index is 1210. The molecule has 1 fully saturated rings. The minimum Gasteiger partial charge on any atom is -0.486 e. The van der Waals surface area contributed by atoms with Crippen LogP contribution < -0.4 is 19.1 Å². The summed E-state index contributed by atoms with van der Waals surface area (Å²) in [7, 11) is -3.81. The van der Waals surface area contributed by atoms with Crippen molar-refractivity contribution >= 4 is 27.5 Å². The summed E-state index contributed by atoms with van der Waals surface area (Å²) in [5.41, 5.74) is 1.34. The maximum absolute atomic E-state index is 13.8. The van der Waals surface area contributed by atoms with Crippen molar-refractivity contribution in [2.24, 2.45) is 0 Å². The number of carbonyl (C=O) groups is 2. The molecule has 0 spiro atoms. The number of hydrogen-bond acceptors (Lipinski definition) is 6. The number of benzene rings is 2. The summed E-state index contributed by atoms with van der Waals surface area (Å²) in [5, 5.41) is 3.08. The molecule has 2 aromatic rings. The molecule has 9 nitrogen and oxygen atoms in total. The van der Waals surface area contributed by atoms with Crippen LogP contribution in [0.25, 0.3) is 0 Å². The van der Waals surface area contributed by atoms with E-state index in [2.05, 4.69) is 5.32 Å². The van der Waals surface area contributed by atoms with Crippen LogP contribution in [0.3, 0.4) is 0 Å². The number of anilines is 1. The largest absolute Gasteiger partial charge is 0.486 e. The van der Waals surface area contributed by atoms with Crippen LogP contribution in [0, 0.1) is 0 Å². The van der Waals surface area contributed by atoms with Crippen molar-refractivity contribution in [1.29, 1.82) is 0 Å². The fourth-order valence-electron chi connectivity index (χ4n) is 4.87. The lowest BCUT2D eigenvalue weighted by Crippen LogP contribution is -2.53. The monoisotopic (exact) mass is 543 g/mol. The molecule has 0 saturated heterocycles. The molecule has 2 amide bonds. The Morgan fingerprint density at radius 3 is 2.39 bits per heavy atom. The molecule has 1 saturated carbocycles. The van der Waals surface area contributed by atoms with E-state index in [1.165, 1.54) is 11.8 Å². The third-order valence-electron chi connectivity index (χ3n) is 7.15. The van der Waals surface area contributed by atoms with Gasteiger partial charge in [0.25, 0.3) is 0 Å². The normalized spacial score (nSPS) is 16.1. The Hall–Kier alpha value is -3.27. The fourth-order valence-corrected chi connectivity index (χ4v) is 5.92. The minimum absolute atomic E-state index is 0.116. The number of hydrogen-bond donors (Lipinski definition) is 1. The van der Waals surface area contributed by atoms with Gasteiger partial charge >= 0.3 is 0 Å². The first kappa shape index (κ1) is 27.8. The van der Waals surface area contributed by atoms with E-state index in [-0.39, 0.29) is 24.2 Å². The summed E-state index contributed by atoms with van der Waals surface area (Å²) in [4.78, 5) is 28.4. The third-order valence-corrected chi connectivity index (χ3v) is 8.89. The Balaban J connectivity index is 1.58. The van der Waals surface area contributed by atoms with Gasteiger partial charge in [-0.1, -0.05) is 43.2 Å². The lowest BCUT2D eigenvalue weighted by Gasteiger charge is -2.32. The molecule has 1 N–H and O–H groups in total. The van der Waals surface area contributed by atoms with Gasteiger partial charge in [-0.25, -0.2) is 8.42 Å². The maximum atomic E-state index is 13.8.